The van der Waals surface area contributed by atoms with Crippen LogP contribution in [0.5, 0.6) is 0 Å². The lowest BCUT2D eigenvalue weighted by atomic mass is 10.2. The second-order valence-corrected chi connectivity index (χ2v) is 4.34. The van der Waals surface area contributed by atoms with Gasteiger partial charge in [-0.05, 0) is 13.0 Å². The second-order valence-electron chi connectivity index (χ2n) is 4.34. The van der Waals surface area contributed by atoms with E-state index in [0.29, 0.717) is 16.8 Å². The molecule has 1 aromatic heterocycles. The molecule has 1 heterocycles. The Morgan fingerprint density at radius 1 is 1.48 bits per heavy atom. The first-order chi connectivity index (χ1) is 10.1. The van der Waals surface area contributed by atoms with E-state index in [-0.39, 0.29) is 30.4 Å². The van der Waals surface area contributed by atoms with Crippen molar-refractivity contribution in [1.82, 2.24) is 9.97 Å². The molecule has 3 N–H and O–H groups in total. The number of anilines is 1. The van der Waals surface area contributed by atoms with Gasteiger partial charge in [-0.2, -0.15) is 5.10 Å². The number of nitrogens with zero attached hydrogens (tertiary/aromatic N) is 2. The molecule has 0 aliphatic carbocycles. The molecule has 0 atom stereocenters. The van der Waals surface area contributed by atoms with Gasteiger partial charge in [-0.1, -0.05) is 18.2 Å². The molecule has 0 amide bonds. The molecule has 2 rings (SSSR count). The van der Waals surface area contributed by atoms with Crippen molar-refractivity contribution in [2.45, 2.75) is 13.3 Å². The number of aromatic amines is 1. The molecule has 0 spiro atoms. The van der Waals surface area contributed by atoms with Crippen LogP contribution in [0.2, 0.25) is 0 Å². The highest BCUT2D eigenvalue weighted by Gasteiger charge is 2.07. The van der Waals surface area contributed by atoms with Crippen molar-refractivity contribution in [1.29, 1.82) is 0 Å². The van der Waals surface area contributed by atoms with Crippen LogP contribution in [0.25, 0.3) is 0 Å². The van der Waals surface area contributed by atoms with Gasteiger partial charge in [0.25, 0.3) is 5.56 Å². The van der Waals surface area contributed by atoms with Crippen molar-refractivity contribution in [2.24, 2.45) is 5.10 Å². The van der Waals surface area contributed by atoms with Gasteiger partial charge in [-0.15, -0.1) is 0 Å². The summed E-state index contributed by atoms with van der Waals surface area (Å²) in [7, 11) is 0. The van der Waals surface area contributed by atoms with E-state index >= 15 is 0 Å². The highest BCUT2D eigenvalue weighted by Crippen LogP contribution is 2.05. The van der Waals surface area contributed by atoms with Crippen LogP contribution in [0.15, 0.2) is 34.2 Å². The fraction of sp³-hybridized carbons (Fsp3) is 0.214. The molecular formula is C14H15FN4O2. The number of hydrogen-bond donors (Lipinski definition) is 3. The number of benzene rings is 1. The Balaban J connectivity index is 2.14. The number of hydrogen-bond acceptors (Lipinski definition) is 5. The maximum Gasteiger partial charge on any atom is 0.255 e. The fourth-order valence-corrected chi connectivity index (χ4v) is 1.81. The summed E-state index contributed by atoms with van der Waals surface area (Å²) in [5, 5.41) is 12.7. The van der Waals surface area contributed by atoms with Gasteiger partial charge in [0.15, 0.2) is 0 Å². The van der Waals surface area contributed by atoms with Crippen LogP contribution in [-0.4, -0.2) is 27.9 Å². The molecular weight excluding hydrogens is 275 g/mol. The standard InChI is InChI=1S/C14H15FN4O2/c1-9-11(6-7-20)13(21)18-14(17-9)19-16-8-10-4-2-3-5-12(10)15/h2-5,8,20H,6-7H2,1H3,(H2,17,18,19,21)/b16-8-. The van der Waals surface area contributed by atoms with Gasteiger partial charge in [-0.3, -0.25) is 9.78 Å². The van der Waals surface area contributed by atoms with E-state index < -0.39 is 0 Å². The summed E-state index contributed by atoms with van der Waals surface area (Å²) >= 11 is 0. The van der Waals surface area contributed by atoms with Crippen molar-refractivity contribution < 1.29 is 9.50 Å². The van der Waals surface area contributed by atoms with Crippen LogP contribution in [0.3, 0.4) is 0 Å². The highest BCUT2D eigenvalue weighted by atomic mass is 19.1. The van der Waals surface area contributed by atoms with E-state index in [0.717, 1.165) is 0 Å². The first kappa shape index (κ1) is 14.9. The quantitative estimate of drug-likeness (QED) is 0.570. The summed E-state index contributed by atoms with van der Waals surface area (Å²) in [6, 6.07) is 6.18. The molecule has 0 saturated heterocycles. The average Bonchev–Trinajstić information content (AvgIpc) is 2.45. The number of aliphatic hydroxyl groups excluding tert-OH is 1. The molecule has 6 nitrogen and oxygen atoms in total. The molecule has 21 heavy (non-hydrogen) atoms. The average molecular weight is 290 g/mol. The Bertz CT molecular complexity index is 712. The molecule has 0 saturated carbocycles. The van der Waals surface area contributed by atoms with Gasteiger partial charge in [0.05, 0.1) is 11.9 Å². The van der Waals surface area contributed by atoms with E-state index in [1.54, 1.807) is 25.1 Å². The van der Waals surface area contributed by atoms with E-state index in [2.05, 4.69) is 20.5 Å². The second kappa shape index (κ2) is 6.76. The van der Waals surface area contributed by atoms with Crippen LogP contribution in [0.1, 0.15) is 16.8 Å². The number of aryl methyl sites for hydroxylation is 1. The zero-order valence-electron chi connectivity index (χ0n) is 11.4. The lowest BCUT2D eigenvalue weighted by Crippen LogP contribution is -2.19. The lowest BCUT2D eigenvalue weighted by Gasteiger charge is -2.05. The first-order valence-electron chi connectivity index (χ1n) is 6.36. The SMILES string of the molecule is Cc1nc(N/N=C\c2ccccc2F)[nH]c(=O)c1CCO. The molecule has 0 aliphatic rings. The third-order valence-electron chi connectivity index (χ3n) is 2.86. The number of hydrazone groups is 1. The van der Waals surface area contributed by atoms with Crippen LogP contribution < -0.4 is 11.0 Å². The van der Waals surface area contributed by atoms with Gasteiger partial charge in [0, 0.05) is 24.2 Å². The topological polar surface area (TPSA) is 90.4 Å². The van der Waals surface area contributed by atoms with Gasteiger partial charge in [-0.25, -0.2) is 14.8 Å². The van der Waals surface area contributed by atoms with Crippen LogP contribution in [-0.2, 0) is 6.42 Å². The summed E-state index contributed by atoms with van der Waals surface area (Å²) in [4.78, 5) is 18.4. The number of rotatable bonds is 5. The van der Waals surface area contributed by atoms with Gasteiger partial charge in [0.1, 0.15) is 5.82 Å². The van der Waals surface area contributed by atoms with E-state index in [1.807, 2.05) is 0 Å². The number of nitrogens with one attached hydrogen (secondary N) is 2. The Kier molecular flexibility index (Phi) is 4.78. The molecule has 110 valence electrons. The molecule has 2 aromatic rings. The highest BCUT2D eigenvalue weighted by molar-refractivity contribution is 5.80. The summed E-state index contributed by atoms with van der Waals surface area (Å²) in [6.45, 7) is 1.55. The number of halogens is 1. The normalized spacial score (nSPS) is 11.0. The fourth-order valence-electron chi connectivity index (χ4n) is 1.81. The zero-order chi connectivity index (χ0) is 15.2. The monoisotopic (exact) mass is 290 g/mol. The molecule has 0 aliphatic heterocycles. The molecule has 1 aromatic carbocycles. The Labute approximate surface area is 120 Å². The van der Waals surface area contributed by atoms with Gasteiger partial charge >= 0.3 is 0 Å². The molecule has 0 fully saturated rings. The largest absolute Gasteiger partial charge is 0.396 e. The molecule has 0 unspecified atom stereocenters. The van der Waals surface area contributed by atoms with Crippen molar-refractivity contribution in [2.75, 3.05) is 12.0 Å². The predicted octanol–water partition coefficient (Wildman–Crippen LogP) is 1.20. The summed E-state index contributed by atoms with van der Waals surface area (Å²) in [5.74, 6) is -0.231. The van der Waals surface area contributed by atoms with E-state index in [1.165, 1.54) is 12.3 Å². The summed E-state index contributed by atoms with van der Waals surface area (Å²) in [6.07, 6.45) is 1.54. The molecule has 0 bridgehead atoms. The minimum Gasteiger partial charge on any atom is -0.396 e. The van der Waals surface area contributed by atoms with E-state index in [4.69, 9.17) is 5.11 Å². The summed E-state index contributed by atoms with van der Waals surface area (Å²) in [5.41, 5.74) is 3.47. The van der Waals surface area contributed by atoms with Crippen molar-refractivity contribution in [3.63, 3.8) is 0 Å². The lowest BCUT2D eigenvalue weighted by molar-refractivity contribution is 0.298. The van der Waals surface area contributed by atoms with Crippen LogP contribution in [0, 0.1) is 12.7 Å². The number of aromatic nitrogens is 2. The van der Waals surface area contributed by atoms with Gasteiger partial charge < -0.3 is 5.11 Å². The summed E-state index contributed by atoms with van der Waals surface area (Å²) < 4.78 is 13.4. The maximum atomic E-state index is 13.4. The third-order valence-corrected chi connectivity index (χ3v) is 2.86. The van der Waals surface area contributed by atoms with E-state index in [9.17, 15) is 9.18 Å². The number of H-pyrrole nitrogens is 1. The smallest absolute Gasteiger partial charge is 0.255 e. The van der Waals surface area contributed by atoms with Crippen LogP contribution in [0.4, 0.5) is 10.3 Å². The minimum absolute atomic E-state index is 0.121. The minimum atomic E-state index is -0.390. The van der Waals surface area contributed by atoms with Crippen molar-refractivity contribution in [3.8, 4) is 0 Å². The molecule has 7 heteroatoms. The first-order valence-corrected chi connectivity index (χ1v) is 6.36. The molecule has 0 radical (unpaired) electrons. The Hall–Kier alpha value is -2.54. The Morgan fingerprint density at radius 2 is 2.24 bits per heavy atom. The van der Waals surface area contributed by atoms with Crippen molar-refractivity contribution >= 4 is 12.2 Å². The van der Waals surface area contributed by atoms with Gasteiger partial charge in [0.2, 0.25) is 5.95 Å². The zero-order valence-corrected chi connectivity index (χ0v) is 11.4. The third kappa shape index (κ3) is 3.73. The van der Waals surface area contributed by atoms with Crippen LogP contribution >= 0.6 is 0 Å². The maximum absolute atomic E-state index is 13.4. The Morgan fingerprint density at radius 3 is 2.90 bits per heavy atom. The van der Waals surface area contributed by atoms with Crippen molar-refractivity contribution in [3.05, 3.63) is 57.3 Å². The predicted molar refractivity (Wildman–Crippen MR) is 78.0 cm³/mol. The number of aliphatic hydroxyl groups is 1.